The van der Waals surface area contributed by atoms with E-state index in [4.69, 9.17) is 9.15 Å². The van der Waals surface area contributed by atoms with Crippen molar-refractivity contribution in [3.8, 4) is 0 Å². The van der Waals surface area contributed by atoms with E-state index in [-0.39, 0.29) is 5.56 Å². The van der Waals surface area contributed by atoms with Crippen LogP contribution >= 0.6 is 0 Å². The van der Waals surface area contributed by atoms with Crippen molar-refractivity contribution in [3.63, 3.8) is 0 Å². The van der Waals surface area contributed by atoms with Gasteiger partial charge in [0.25, 0.3) is 5.91 Å². The van der Waals surface area contributed by atoms with Gasteiger partial charge in [-0.1, -0.05) is 24.3 Å². The zero-order valence-corrected chi connectivity index (χ0v) is 16.8. The van der Waals surface area contributed by atoms with Crippen molar-refractivity contribution in [1.82, 2.24) is 9.55 Å². The number of benzene rings is 3. The maximum absolute atomic E-state index is 12.4. The molecule has 0 aliphatic carbocycles. The minimum atomic E-state index is -0.629. The van der Waals surface area contributed by atoms with Crippen molar-refractivity contribution in [2.45, 2.75) is 13.5 Å². The molecule has 5 rings (SSSR count). The summed E-state index contributed by atoms with van der Waals surface area (Å²) in [6.07, 6.45) is 1.26. The third-order valence-corrected chi connectivity index (χ3v) is 5.29. The molecule has 0 atom stereocenters. The Morgan fingerprint density at radius 2 is 1.87 bits per heavy atom. The first-order chi connectivity index (χ1) is 15.2. The summed E-state index contributed by atoms with van der Waals surface area (Å²) < 4.78 is 12.6. The second-order valence-electron chi connectivity index (χ2n) is 7.12. The van der Waals surface area contributed by atoms with Crippen LogP contribution in [0.5, 0.6) is 0 Å². The Kier molecular flexibility index (Phi) is 4.63. The zero-order chi connectivity index (χ0) is 21.4. The fourth-order valence-corrected chi connectivity index (χ4v) is 3.93. The van der Waals surface area contributed by atoms with Crippen molar-refractivity contribution in [3.05, 3.63) is 72.6 Å². The zero-order valence-electron chi connectivity index (χ0n) is 16.8. The highest BCUT2D eigenvalue weighted by Gasteiger charge is 2.16. The van der Waals surface area contributed by atoms with Gasteiger partial charge >= 0.3 is 5.97 Å². The van der Waals surface area contributed by atoms with Gasteiger partial charge < -0.3 is 19.0 Å². The number of hydrogen-bond acceptors (Lipinski definition) is 5. The normalized spacial score (nSPS) is 11.3. The third-order valence-electron chi connectivity index (χ3n) is 5.29. The number of ether oxygens (including phenoxy) is 1. The number of carbonyl (C=O) groups excluding carboxylic acids is 2. The number of fused-ring (bicyclic) bond motifs is 4. The predicted octanol–water partition coefficient (Wildman–Crippen LogP) is 4.75. The molecule has 0 fully saturated rings. The molecule has 5 aromatic rings. The largest absolute Gasteiger partial charge is 0.452 e. The Balaban J connectivity index is 1.33. The van der Waals surface area contributed by atoms with E-state index in [2.05, 4.69) is 33.9 Å². The molecule has 1 amide bonds. The standard InChI is InChI=1S/C24H19N3O4/c1-2-27-19-8-4-3-6-16(19)18-12-15(10-11-20(18)27)26-22(28)13-30-24(29)17-7-5-9-21-23(17)25-14-31-21/h3-12,14H,2,13H2,1H3,(H,26,28). The van der Waals surface area contributed by atoms with E-state index < -0.39 is 18.5 Å². The molecule has 2 heterocycles. The van der Waals surface area contributed by atoms with E-state index in [1.165, 1.54) is 6.39 Å². The van der Waals surface area contributed by atoms with Crippen molar-refractivity contribution < 1.29 is 18.7 Å². The lowest BCUT2D eigenvalue weighted by atomic mass is 10.1. The van der Waals surface area contributed by atoms with E-state index in [9.17, 15) is 9.59 Å². The number of anilines is 1. The van der Waals surface area contributed by atoms with E-state index >= 15 is 0 Å². The van der Waals surface area contributed by atoms with Gasteiger partial charge in [-0.05, 0) is 43.3 Å². The molecule has 1 N–H and O–H groups in total. The minimum absolute atomic E-state index is 0.257. The van der Waals surface area contributed by atoms with Crippen molar-refractivity contribution in [1.29, 1.82) is 0 Å². The molecule has 0 unspecified atom stereocenters. The molecule has 0 aliphatic rings. The number of esters is 1. The Morgan fingerprint density at radius 1 is 1.03 bits per heavy atom. The number of aryl methyl sites for hydroxylation is 1. The lowest BCUT2D eigenvalue weighted by molar-refractivity contribution is -0.119. The minimum Gasteiger partial charge on any atom is -0.452 e. The molecule has 31 heavy (non-hydrogen) atoms. The van der Waals surface area contributed by atoms with Crippen LogP contribution in [0.3, 0.4) is 0 Å². The number of rotatable bonds is 5. The third kappa shape index (κ3) is 3.30. The number of nitrogens with one attached hydrogen (secondary N) is 1. The van der Waals surface area contributed by atoms with Crippen LogP contribution in [0.25, 0.3) is 32.9 Å². The lowest BCUT2D eigenvalue weighted by Gasteiger charge is -2.08. The number of carbonyl (C=O) groups is 2. The lowest BCUT2D eigenvalue weighted by Crippen LogP contribution is -2.21. The van der Waals surface area contributed by atoms with Crippen LogP contribution in [0.1, 0.15) is 17.3 Å². The number of oxazole rings is 1. The van der Waals surface area contributed by atoms with Crippen LogP contribution < -0.4 is 5.32 Å². The van der Waals surface area contributed by atoms with Crippen molar-refractivity contribution >= 4 is 50.5 Å². The topological polar surface area (TPSA) is 86.4 Å². The second-order valence-corrected chi connectivity index (χ2v) is 7.12. The van der Waals surface area contributed by atoms with Gasteiger partial charge in [-0.25, -0.2) is 9.78 Å². The highest BCUT2D eigenvalue weighted by molar-refractivity contribution is 6.10. The molecule has 0 radical (unpaired) electrons. The maximum atomic E-state index is 12.4. The number of nitrogens with zero attached hydrogens (tertiary/aromatic N) is 2. The SMILES string of the molecule is CCn1c2ccccc2c2cc(NC(=O)COC(=O)c3cccc4ocnc34)ccc21. The summed E-state index contributed by atoms with van der Waals surface area (Å²) in [5.41, 5.74) is 4.05. The molecule has 0 bridgehead atoms. The molecule has 7 nitrogen and oxygen atoms in total. The first kappa shape index (κ1) is 18.9. The average molecular weight is 413 g/mol. The quantitative estimate of drug-likeness (QED) is 0.420. The summed E-state index contributed by atoms with van der Waals surface area (Å²) in [5, 5.41) is 4.99. The molecular formula is C24H19N3O4. The Bertz CT molecular complexity index is 1450. The van der Waals surface area contributed by atoms with Crippen LogP contribution in [0, 0.1) is 0 Å². The number of hydrogen-bond donors (Lipinski definition) is 1. The first-order valence-electron chi connectivity index (χ1n) is 9.96. The summed E-state index contributed by atoms with van der Waals surface area (Å²) in [6, 6.07) is 18.9. The molecule has 2 aromatic heterocycles. The summed E-state index contributed by atoms with van der Waals surface area (Å²) in [4.78, 5) is 28.8. The van der Waals surface area contributed by atoms with Crippen LogP contribution in [0.4, 0.5) is 5.69 Å². The average Bonchev–Trinajstić information content (AvgIpc) is 3.39. The van der Waals surface area contributed by atoms with Gasteiger partial charge in [0.1, 0.15) is 5.52 Å². The van der Waals surface area contributed by atoms with Crippen LogP contribution in [-0.2, 0) is 16.1 Å². The van der Waals surface area contributed by atoms with Crippen molar-refractivity contribution in [2.24, 2.45) is 0 Å². The van der Waals surface area contributed by atoms with Crippen LogP contribution in [0.2, 0.25) is 0 Å². The number of para-hydroxylation sites is 2. The fourth-order valence-electron chi connectivity index (χ4n) is 3.93. The van der Waals surface area contributed by atoms with Gasteiger partial charge in [-0.15, -0.1) is 0 Å². The Morgan fingerprint density at radius 3 is 2.74 bits per heavy atom. The highest BCUT2D eigenvalue weighted by atomic mass is 16.5. The smallest absolute Gasteiger partial charge is 0.340 e. The summed E-state index contributed by atoms with van der Waals surface area (Å²) in [6.45, 7) is 2.56. The maximum Gasteiger partial charge on any atom is 0.340 e. The molecule has 0 saturated heterocycles. The van der Waals surface area contributed by atoms with Crippen LogP contribution in [-0.4, -0.2) is 28.0 Å². The Hall–Kier alpha value is -4.13. The predicted molar refractivity (Wildman–Crippen MR) is 118 cm³/mol. The van der Waals surface area contributed by atoms with Gasteiger partial charge in [0, 0.05) is 34.0 Å². The van der Waals surface area contributed by atoms with Crippen molar-refractivity contribution in [2.75, 3.05) is 11.9 Å². The molecule has 0 saturated carbocycles. The summed E-state index contributed by atoms with van der Waals surface area (Å²) in [7, 11) is 0. The monoisotopic (exact) mass is 413 g/mol. The van der Waals surface area contributed by atoms with E-state index in [0.717, 1.165) is 28.4 Å². The summed E-state index contributed by atoms with van der Waals surface area (Å²) in [5.74, 6) is -1.05. The number of amides is 1. The molecule has 0 aliphatic heterocycles. The number of aromatic nitrogens is 2. The molecule has 154 valence electrons. The molecule has 3 aromatic carbocycles. The second kappa shape index (κ2) is 7.60. The molecule has 0 spiro atoms. The van der Waals surface area contributed by atoms with Gasteiger partial charge in [0.05, 0.1) is 5.56 Å². The Labute approximate surface area is 177 Å². The first-order valence-corrected chi connectivity index (χ1v) is 9.96. The van der Waals surface area contributed by atoms with E-state index in [1.54, 1.807) is 18.2 Å². The highest BCUT2D eigenvalue weighted by Crippen LogP contribution is 2.31. The molecule has 7 heteroatoms. The van der Waals surface area contributed by atoms with Gasteiger partial charge in [-0.3, -0.25) is 4.79 Å². The van der Waals surface area contributed by atoms with Gasteiger partial charge in [0.2, 0.25) is 0 Å². The van der Waals surface area contributed by atoms with Crippen LogP contribution in [0.15, 0.2) is 71.5 Å². The summed E-state index contributed by atoms with van der Waals surface area (Å²) >= 11 is 0. The van der Waals surface area contributed by atoms with E-state index in [0.29, 0.717) is 16.8 Å². The van der Waals surface area contributed by atoms with Gasteiger partial charge in [-0.2, -0.15) is 0 Å². The fraction of sp³-hybridized carbons (Fsp3) is 0.125. The molecular weight excluding hydrogens is 394 g/mol. The van der Waals surface area contributed by atoms with Gasteiger partial charge in [0.15, 0.2) is 18.6 Å². The van der Waals surface area contributed by atoms with E-state index in [1.807, 2.05) is 30.3 Å².